The van der Waals surface area contributed by atoms with Crippen LogP contribution < -0.4 is 0 Å². The molecule has 0 radical (unpaired) electrons. The lowest BCUT2D eigenvalue weighted by Gasteiger charge is -2.27. The minimum Gasteiger partial charge on any atom is -0.378 e. The van der Waals surface area contributed by atoms with Gasteiger partial charge in [0.05, 0.1) is 34.8 Å². The number of morpholine rings is 1. The highest BCUT2D eigenvalue weighted by Gasteiger charge is 2.36. The molecule has 1 aliphatic carbocycles. The summed E-state index contributed by atoms with van der Waals surface area (Å²) in [5, 5.41) is 1.61. The van der Waals surface area contributed by atoms with Crippen LogP contribution in [0.25, 0.3) is 0 Å². The van der Waals surface area contributed by atoms with Crippen LogP contribution in [-0.4, -0.2) is 53.7 Å². The minimum atomic E-state index is -0.305. The Balaban J connectivity index is 1.79. The maximum atomic E-state index is 12.7. The molecule has 6 nitrogen and oxygen atoms in total. The molecule has 1 amide bonds. The van der Waals surface area contributed by atoms with E-state index in [2.05, 4.69) is 4.98 Å². The van der Waals surface area contributed by atoms with E-state index in [4.69, 9.17) is 4.74 Å². The standard InChI is InChI=1S/C16H12N2O4S/c19-13-10-7-17-2-1-9(10)14(20)15-12(13)11(8-23-15)16(21)18-3-5-22-6-4-18/h1-2,7-8H,3-6H2. The van der Waals surface area contributed by atoms with Crippen molar-refractivity contribution in [2.75, 3.05) is 26.3 Å². The number of carbonyl (C=O) groups excluding carboxylic acids is 3. The van der Waals surface area contributed by atoms with Gasteiger partial charge in [-0.25, -0.2) is 0 Å². The molecule has 7 heteroatoms. The van der Waals surface area contributed by atoms with Gasteiger partial charge in [0.25, 0.3) is 5.91 Å². The topological polar surface area (TPSA) is 76.6 Å². The Morgan fingerprint density at radius 3 is 2.74 bits per heavy atom. The molecule has 1 saturated heterocycles. The molecule has 23 heavy (non-hydrogen) atoms. The Bertz CT molecular complexity index is 836. The molecule has 0 N–H and O–H groups in total. The van der Waals surface area contributed by atoms with Crippen molar-refractivity contribution in [3.63, 3.8) is 0 Å². The van der Waals surface area contributed by atoms with E-state index in [0.29, 0.717) is 42.3 Å². The SMILES string of the molecule is O=C1c2ccncc2C(=O)c2c(C(=O)N3CCOCC3)csc21. The fourth-order valence-corrected chi connectivity index (χ4v) is 3.87. The number of ether oxygens (including phenoxy) is 1. The van der Waals surface area contributed by atoms with Crippen LogP contribution in [0.15, 0.2) is 23.8 Å². The minimum absolute atomic E-state index is 0.219. The second-order valence-electron chi connectivity index (χ2n) is 5.34. The highest BCUT2D eigenvalue weighted by molar-refractivity contribution is 7.13. The summed E-state index contributed by atoms with van der Waals surface area (Å²) in [5.74, 6) is -0.747. The Morgan fingerprint density at radius 2 is 1.96 bits per heavy atom. The third-order valence-electron chi connectivity index (χ3n) is 4.06. The Kier molecular flexibility index (Phi) is 3.32. The first-order valence-corrected chi connectivity index (χ1v) is 8.08. The molecule has 3 heterocycles. The van der Waals surface area contributed by atoms with Crippen molar-refractivity contribution in [3.05, 3.63) is 51.0 Å². The molecular weight excluding hydrogens is 316 g/mol. The number of pyridine rings is 1. The molecule has 2 aromatic rings. The van der Waals surface area contributed by atoms with Gasteiger partial charge >= 0.3 is 0 Å². The number of hydrogen-bond acceptors (Lipinski definition) is 6. The predicted molar refractivity (Wildman–Crippen MR) is 82.1 cm³/mol. The van der Waals surface area contributed by atoms with Gasteiger partial charge in [0.2, 0.25) is 5.78 Å². The molecule has 4 rings (SSSR count). The first-order chi connectivity index (χ1) is 11.2. The fourth-order valence-electron chi connectivity index (χ4n) is 2.88. The average molecular weight is 328 g/mol. The molecule has 0 saturated carbocycles. The molecule has 0 aromatic carbocycles. The molecule has 1 fully saturated rings. The maximum Gasteiger partial charge on any atom is 0.255 e. The van der Waals surface area contributed by atoms with E-state index in [1.165, 1.54) is 12.4 Å². The summed E-state index contributed by atoms with van der Waals surface area (Å²) in [6.45, 7) is 1.95. The van der Waals surface area contributed by atoms with Gasteiger partial charge in [0.1, 0.15) is 0 Å². The van der Waals surface area contributed by atoms with Gasteiger partial charge < -0.3 is 9.64 Å². The number of ketones is 2. The van der Waals surface area contributed by atoms with Crippen molar-refractivity contribution < 1.29 is 19.1 Å². The van der Waals surface area contributed by atoms with E-state index in [1.54, 1.807) is 16.3 Å². The van der Waals surface area contributed by atoms with Crippen molar-refractivity contribution in [3.8, 4) is 0 Å². The van der Waals surface area contributed by atoms with Gasteiger partial charge in [-0.15, -0.1) is 11.3 Å². The van der Waals surface area contributed by atoms with E-state index in [1.807, 2.05) is 0 Å². The van der Waals surface area contributed by atoms with Crippen LogP contribution in [0.1, 0.15) is 41.5 Å². The number of rotatable bonds is 1. The number of amides is 1. The summed E-state index contributed by atoms with van der Waals surface area (Å²) in [5.41, 5.74) is 1.14. The lowest BCUT2D eigenvalue weighted by molar-refractivity contribution is 0.0302. The van der Waals surface area contributed by atoms with Crippen molar-refractivity contribution >= 4 is 28.8 Å². The predicted octanol–water partition coefficient (Wildman–Crippen LogP) is 1.39. The van der Waals surface area contributed by atoms with Gasteiger partial charge in [-0.3, -0.25) is 19.4 Å². The van der Waals surface area contributed by atoms with Crippen LogP contribution in [0.5, 0.6) is 0 Å². The zero-order valence-corrected chi connectivity index (χ0v) is 12.9. The lowest BCUT2D eigenvalue weighted by atomic mass is 9.88. The average Bonchev–Trinajstić information content (AvgIpc) is 3.05. The Hall–Kier alpha value is -2.38. The quantitative estimate of drug-likeness (QED) is 0.675. The largest absolute Gasteiger partial charge is 0.378 e. The normalized spacial score (nSPS) is 17.0. The number of aromatic nitrogens is 1. The van der Waals surface area contributed by atoms with E-state index >= 15 is 0 Å². The number of hydrogen-bond donors (Lipinski definition) is 0. The Labute approximate surface area is 135 Å². The summed E-state index contributed by atoms with van der Waals surface area (Å²) < 4.78 is 5.24. The van der Waals surface area contributed by atoms with E-state index in [-0.39, 0.29) is 28.6 Å². The second-order valence-corrected chi connectivity index (χ2v) is 6.22. The van der Waals surface area contributed by atoms with Crippen LogP contribution >= 0.6 is 11.3 Å². The molecule has 0 unspecified atom stereocenters. The summed E-state index contributed by atoms with van der Waals surface area (Å²) in [4.78, 5) is 43.9. The molecular formula is C16H12N2O4S. The molecule has 116 valence electrons. The van der Waals surface area contributed by atoms with Gasteiger partial charge in [-0.05, 0) is 6.07 Å². The maximum absolute atomic E-state index is 12.7. The van der Waals surface area contributed by atoms with E-state index in [9.17, 15) is 14.4 Å². The summed E-state index contributed by atoms with van der Waals surface area (Å²) in [6.07, 6.45) is 2.88. The number of fused-ring (bicyclic) bond motifs is 2. The van der Waals surface area contributed by atoms with Crippen LogP contribution in [0, 0.1) is 0 Å². The van der Waals surface area contributed by atoms with Crippen LogP contribution in [-0.2, 0) is 4.74 Å². The highest BCUT2D eigenvalue weighted by atomic mass is 32.1. The van der Waals surface area contributed by atoms with Crippen molar-refractivity contribution in [1.82, 2.24) is 9.88 Å². The monoisotopic (exact) mass is 328 g/mol. The zero-order valence-electron chi connectivity index (χ0n) is 12.1. The first-order valence-electron chi connectivity index (χ1n) is 7.20. The molecule has 0 spiro atoms. The molecule has 2 aromatic heterocycles. The smallest absolute Gasteiger partial charge is 0.255 e. The zero-order chi connectivity index (χ0) is 16.0. The molecule has 0 atom stereocenters. The third kappa shape index (κ3) is 2.12. The van der Waals surface area contributed by atoms with Crippen molar-refractivity contribution in [1.29, 1.82) is 0 Å². The van der Waals surface area contributed by atoms with Crippen molar-refractivity contribution in [2.45, 2.75) is 0 Å². The number of thiophene rings is 1. The van der Waals surface area contributed by atoms with Crippen molar-refractivity contribution in [2.24, 2.45) is 0 Å². The molecule has 1 aliphatic heterocycles. The van der Waals surface area contributed by atoms with Gasteiger partial charge in [0, 0.05) is 36.4 Å². The first kappa shape index (κ1) is 14.2. The van der Waals surface area contributed by atoms with Gasteiger partial charge in [-0.2, -0.15) is 0 Å². The second kappa shape index (κ2) is 5.36. The summed E-state index contributed by atoms with van der Waals surface area (Å²) in [7, 11) is 0. The fraction of sp³-hybridized carbons (Fsp3) is 0.250. The van der Waals surface area contributed by atoms with E-state index < -0.39 is 0 Å². The molecule has 0 bridgehead atoms. The third-order valence-corrected chi connectivity index (χ3v) is 5.04. The van der Waals surface area contributed by atoms with Gasteiger partial charge in [-0.1, -0.05) is 0 Å². The number of nitrogens with zero attached hydrogens (tertiary/aromatic N) is 2. The summed E-state index contributed by atoms with van der Waals surface area (Å²) in [6, 6.07) is 1.54. The van der Waals surface area contributed by atoms with E-state index in [0.717, 1.165) is 11.3 Å². The lowest BCUT2D eigenvalue weighted by Crippen LogP contribution is -2.41. The van der Waals surface area contributed by atoms with Gasteiger partial charge in [0.15, 0.2) is 5.78 Å². The van der Waals surface area contributed by atoms with Crippen LogP contribution in [0.2, 0.25) is 0 Å². The Morgan fingerprint density at radius 1 is 1.17 bits per heavy atom. The highest BCUT2D eigenvalue weighted by Crippen LogP contribution is 2.34. The van der Waals surface area contributed by atoms with Crippen LogP contribution in [0.4, 0.5) is 0 Å². The number of carbonyl (C=O) groups is 3. The molecule has 2 aliphatic rings. The summed E-state index contributed by atoms with van der Waals surface area (Å²) >= 11 is 1.15. The van der Waals surface area contributed by atoms with Crippen LogP contribution in [0.3, 0.4) is 0 Å².